The fourth-order valence-electron chi connectivity index (χ4n) is 5.86. The second kappa shape index (κ2) is 7.78. The molecule has 4 heterocycles. The van der Waals surface area contributed by atoms with E-state index in [1.165, 1.54) is 31.2 Å². The predicted molar refractivity (Wildman–Crippen MR) is 109 cm³/mol. The molecule has 0 radical (unpaired) electrons. The lowest BCUT2D eigenvalue weighted by molar-refractivity contribution is -0.138. The number of aromatic amines is 2. The molecule has 0 saturated carbocycles. The molecule has 1 amide bonds. The largest absolute Gasteiger partial charge is 0.342 e. The van der Waals surface area contributed by atoms with Crippen LogP contribution in [0.2, 0.25) is 0 Å². The number of hydrogen-bond donors (Lipinski definition) is 2. The number of aromatic nitrogens is 3. The second-order valence-electron chi connectivity index (χ2n) is 9.00. The Morgan fingerprint density at radius 3 is 2.79 bits per heavy atom. The quantitative estimate of drug-likeness (QED) is 0.823. The zero-order valence-corrected chi connectivity index (χ0v) is 16.7. The number of carbonyl (C=O) groups is 1. The summed E-state index contributed by atoms with van der Waals surface area (Å²) < 4.78 is 0. The summed E-state index contributed by atoms with van der Waals surface area (Å²) in [4.78, 5) is 31.4. The minimum atomic E-state index is -0.356. The number of likely N-dealkylation sites (tertiary alicyclic amines) is 1. The predicted octanol–water partition coefficient (Wildman–Crippen LogP) is 1.58. The highest BCUT2D eigenvalue weighted by Crippen LogP contribution is 2.40. The number of H-pyrrole nitrogens is 2. The molecule has 3 aliphatic rings. The van der Waals surface area contributed by atoms with Crippen molar-refractivity contribution in [1.29, 1.82) is 0 Å². The zero-order valence-electron chi connectivity index (χ0n) is 16.7. The molecule has 2 N–H and O–H groups in total. The van der Waals surface area contributed by atoms with Crippen molar-refractivity contribution in [2.24, 2.45) is 11.8 Å². The first kappa shape index (κ1) is 18.6. The lowest BCUT2D eigenvalue weighted by Crippen LogP contribution is -2.62. The Morgan fingerprint density at radius 2 is 2.00 bits per heavy atom. The van der Waals surface area contributed by atoms with Gasteiger partial charge in [0.25, 0.3) is 0 Å². The van der Waals surface area contributed by atoms with Gasteiger partial charge in [-0.2, -0.15) is 5.10 Å². The van der Waals surface area contributed by atoms with E-state index in [9.17, 15) is 9.59 Å². The van der Waals surface area contributed by atoms with Crippen molar-refractivity contribution in [2.45, 2.75) is 50.6 Å². The van der Waals surface area contributed by atoms with Crippen molar-refractivity contribution in [2.75, 3.05) is 19.6 Å². The molecule has 4 atom stereocenters. The lowest BCUT2D eigenvalue weighted by atomic mass is 9.74. The van der Waals surface area contributed by atoms with Crippen LogP contribution in [0, 0.1) is 11.8 Å². The third kappa shape index (κ3) is 3.88. The van der Waals surface area contributed by atoms with Crippen molar-refractivity contribution < 1.29 is 4.79 Å². The van der Waals surface area contributed by atoms with E-state index in [2.05, 4.69) is 50.4 Å². The Balaban J connectivity index is 1.26. The first-order chi connectivity index (χ1) is 14.2. The first-order valence-electron chi connectivity index (χ1n) is 10.9. The highest BCUT2D eigenvalue weighted by atomic mass is 16.2. The Labute approximate surface area is 170 Å². The molecule has 3 saturated heterocycles. The average molecular weight is 396 g/mol. The molecule has 2 bridgehead atoms. The molecular formula is C22H29N5O2. The van der Waals surface area contributed by atoms with Gasteiger partial charge in [0.15, 0.2) is 0 Å². The van der Waals surface area contributed by atoms with Crippen LogP contribution in [0.4, 0.5) is 0 Å². The molecule has 3 aliphatic heterocycles. The van der Waals surface area contributed by atoms with Gasteiger partial charge in [0.2, 0.25) is 5.91 Å². The van der Waals surface area contributed by atoms with Crippen molar-refractivity contribution >= 4 is 5.91 Å². The van der Waals surface area contributed by atoms with Crippen molar-refractivity contribution in [3.05, 3.63) is 52.2 Å². The summed E-state index contributed by atoms with van der Waals surface area (Å²) in [6.45, 7) is 2.76. The SMILES string of the molecule is O=C(Cc1n[nH]c(=O)[nH]1)N1C[C@@H]2C[C@H](C1)[C@@H]1CCC[C@H](Cc3ccccc3)N1C2. The Hall–Kier alpha value is -2.41. The maximum atomic E-state index is 12.8. The van der Waals surface area contributed by atoms with E-state index in [1.807, 2.05) is 4.90 Å². The van der Waals surface area contributed by atoms with E-state index in [0.717, 1.165) is 26.1 Å². The molecular weight excluding hydrogens is 366 g/mol. The van der Waals surface area contributed by atoms with Crippen LogP contribution in [0.3, 0.4) is 0 Å². The summed E-state index contributed by atoms with van der Waals surface area (Å²) in [5.41, 5.74) is 1.07. The molecule has 3 fully saturated rings. The molecule has 154 valence electrons. The fraction of sp³-hybridized carbons (Fsp3) is 0.591. The molecule has 2 aromatic rings. The summed E-state index contributed by atoms with van der Waals surface area (Å²) in [6.07, 6.45) is 6.34. The highest BCUT2D eigenvalue weighted by Gasteiger charge is 2.45. The Morgan fingerprint density at radius 1 is 1.14 bits per heavy atom. The highest BCUT2D eigenvalue weighted by molar-refractivity contribution is 5.78. The number of nitrogens with one attached hydrogen (secondary N) is 2. The number of piperidine rings is 3. The number of nitrogens with zero attached hydrogens (tertiary/aromatic N) is 3. The fourth-order valence-corrected chi connectivity index (χ4v) is 5.86. The van der Waals surface area contributed by atoms with Crippen LogP contribution in [0.5, 0.6) is 0 Å². The Kier molecular flexibility index (Phi) is 4.99. The average Bonchev–Trinajstić information content (AvgIpc) is 3.14. The van der Waals surface area contributed by atoms with Gasteiger partial charge in [0.1, 0.15) is 5.82 Å². The standard InChI is InChI=1S/C22H29N5O2/c28-21(11-20-23-22(29)25-24-20)26-12-16-9-17(14-26)19-8-4-7-18(27(19)13-16)10-15-5-2-1-3-6-15/h1-3,5-6,16-19H,4,7-14H2,(H2,23,24,25,29)/t16-,17+,18+,19-/m0/s1. The van der Waals surface area contributed by atoms with Crippen LogP contribution < -0.4 is 5.69 Å². The summed E-state index contributed by atoms with van der Waals surface area (Å²) in [5, 5.41) is 6.23. The minimum Gasteiger partial charge on any atom is -0.342 e. The van der Waals surface area contributed by atoms with Crippen molar-refractivity contribution in [3.63, 3.8) is 0 Å². The molecule has 7 nitrogen and oxygen atoms in total. The normalized spacial score (nSPS) is 29.4. The molecule has 29 heavy (non-hydrogen) atoms. The van der Waals surface area contributed by atoms with E-state index in [-0.39, 0.29) is 18.0 Å². The number of rotatable bonds is 4. The van der Waals surface area contributed by atoms with Crippen LogP contribution in [0.25, 0.3) is 0 Å². The number of hydrogen-bond acceptors (Lipinski definition) is 4. The summed E-state index contributed by atoms with van der Waals surface area (Å²) in [6, 6.07) is 12.1. The minimum absolute atomic E-state index is 0.0764. The van der Waals surface area contributed by atoms with Gasteiger partial charge in [0.05, 0.1) is 6.42 Å². The van der Waals surface area contributed by atoms with Gasteiger partial charge < -0.3 is 4.90 Å². The van der Waals surface area contributed by atoms with Gasteiger partial charge in [-0.3, -0.25) is 14.7 Å². The van der Waals surface area contributed by atoms with Gasteiger partial charge in [-0.1, -0.05) is 36.8 Å². The van der Waals surface area contributed by atoms with Crippen LogP contribution >= 0.6 is 0 Å². The van der Waals surface area contributed by atoms with Crippen LogP contribution in [0.15, 0.2) is 35.1 Å². The second-order valence-corrected chi connectivity index (χ2v) is 9.00. The van der Waals surface area contributed by atoms with E-state index in [4.69, 9.17) is 0 Å². The van der Waals surface area contributed by atoms with Gasteiger partial charge in [0, 0.05) is 31.7 Å². The van der Waals surface area contributed by atoms with Crippen molar-refractivity contribution in [1.82, 2.24) is 25.0 Å². The third-order valence-corrected chi connectivity index (χ3v) is 7.05. The van der Waals surface area contributed by atoms with Crippen LogP contribution in [-0.4, -0.2) is 62.6 Å². The maximum absolute atomic E-state index is 12.8. The zero-order chi connectivity index (χ0) is 19.8. The molecule has 5 rings (SSSR count). The summed E-state index contributed by atoms with van der Waals surface area (Å²) in [7, 11) is 0. The number of benzene rings is 1. The first-order valence-corrected chi connectivity index (χ1v) is 10.9. The Bertz CT molecular complexity index is 907. The van der Waals surface area contributed by atoms with Crippen LogP contribution in [0.1, 0.15) is 37.1 Å². The number of amides is 1. The van der Waals surface area contributed by atoms with Gasteiger partial charge in [-0.15, -0.1) is 0 Å². The number of carbonyl (C=O) groups excluding carboxylic acids is 1. The van der Waals surface area contributed by atoms with Gasteiger partial charge in [-0.05, 0) is 43.1 Å². The van der Waals surface area contributed by atoms with Gasteiger partial charge in [-0.25, -0.2) is 9.89 Å². The molecule has 0 spiro atoms. The topological polar surface area (TPSA) is 85.1 Å². The molecule has 0 unspecified atom stereocenters. The van der Waals surface area contributed by atoms with E-state index in [1.54, 1.807) is 0 Å². The maximum Gasteiger partial charge on any atom is 0.340 e. The number of fused-ring (bicyclic) bond motifs is 4. The van der Waals surface area contributed by atoms with Crippen molar-refractivity contribution in [3.8, 4) is 0 Å². The van der Waals surface area contributed by atoms with E-state index >= 15 is 0 Å². The van der Waals surface area contributed by atoms with E-state index < -0.39 is 0 Å². The van der Waals surface area contributed by atoms with Gasteiger partial charge >= 0.3 is 5.69 Å². The summed E-state index contributed by atoms with van der Waals surface area (Å²) in [5.74, 6) is 1.61. The summed E-state index contributed by atoms with van der Waals surface area (Å²) >= 11 is 0. The van der Waals surface area contributed by atoms with E-state index in [0.29, 0.717) is 29.7 Å². The smallest absolute Gasteiger partial charge is 0.340 e. The van der Waals surface area contributed by atoms with Crippen LogP contribution in [-0.2, 0) is 17.6 Å². The molecule has 0 aliphatic carbocycles. The monoisotopic (exact) mass is 395 g/mol. The molecule has 1 aromatic carbocycles. The third-order valence-electron chi connectivity index (χ3n) is 7.05. The molecule has 7 heteroatoms. The lowest BCUT2D eigenvalue weighted by Gasteiger charge is -2.55. The molecule has 1 aromatic heterocycles.